The van der Waals surface area contributed by atoms with Gasteiger partial charge in [0.1, 0.15) is 12.1 Å². The largest absolute Gasteiger partial charge is 0.443 e. The number of fused-ring (bicyclic) bond motifs is 1. The molecule has 7 nitrogen and oxygen atoms in total. The Morgan fingerprint density at radius 3 is 1.88 bits per heavy atom. The zero-order chi connectivity index (χ0) is 29.8. The van der Waals surface area contributed by atoms with Crippen molar-refractivity contribution in [1.82, 2.24) is 4.90 Å². The summed E-state index contributed by atoms with van der Waals surface area (Å²) in [6.45, 7) is 12.2. The second-order valence-corrected chi connectivity index (χ2v) is 16.6. The number of amides is 3. The molecule has 1 heterocycles. The van der Waals surface area contributed by atoms with Gasteiger partial charge in [-0.2, -0.15) is 0 Å². The van der Waals surface area contributed by atoms with Gasteiger partial charge in [0, 0.05) is 13.2 Å². The average Bonchev–Trinajstić information content (AvgIpc) is 3.02. The smallest absolute Gasteiger partial charge is 0.417 e. The first-order valence-electron chi connectivity index (χ1n) is 14.0. The van der Waals surface area contributed by atoms with Gasteiger partial charge in [-0.3, -0.25) is 9.59 Å². The summed E-state index contributed by atoms with van der Waals surface area (Å²) >= 11 is 0. The first kappa shape index (κ1) is 30.2. The van der Waals surface area contributed by atoms with E-state index < -0.39 is 32.5 Å². The van der Waals surface area contributed by atoms with Gasteiger partial charge >= 0.3 is 6.09 Å². The van der Waals surface area contributed by atoms with Crippen LogP contribution in [-0.4, -0.2) is 56.4 Å². The van der Waals surface area contributed by atoms with Gasteiger partial charge in [0.2, 0.25) is 5.91 Å². The van der Waals surface area contributed by atoms with Crippen LogP contribution in [0.5, 0.6) is 0 Å². The number of imide groups is 1. The maximum Gasteiger partial charge on any atom is 0.417 e. The topological polar surface area (TPSA) is 76.2 Å². The molecule has 3 aromatic carbocycles. The lowest BCUT2D eigenvalue weighted by molar-refractivity contribution is -0.119. The number of hydrogen-bond acceptors (Lipinski definition) is 5. The molecule has 0 N–H and O–H groups in total. The van der Waals surface area contributed by atoms with Crippen LogP contribution in [0.25, 0.3) is 0 Å². The van der Waals surface area contributed by atoms with Crippen LogP contribution in [0.3, 0.4) is 0 Å². The Bertz CT molecular complexity index is 1340. The van der Waals surface area contributed by atoms with Crippen LogP contribution in [0, 0.1) is 0 Å². The molecule has 4 rings (SSSR count). The Balaban J connectivity index is 1.59. The third-order valence-corrected chi connectivity index (χ3v) is 12.2. The van der Waals surface area contributed by atoms with Crippen molar-refractivity contribution in [3.8, 4) is 0 Å². The van der Waals surface area contributed by atoms with Gasteiger partial charge in [0.05, 0.1) is 11.3 Å². The van der Waals surface area contributed by atoms with Crippen molar-refractivity contribution < 1.29 is 23.5 Å². The average molecular weight is 573 g/mol. The van der Waals surface area contributed by atoms with Gasteiger partial charge in [0.25, 0.3) is 14.2 Å². The number of hydrogen-bond donors (Lipinski definition) is 0. The summed E-state index contributed by atoms with van der Waals surface area (Å²) in [5, 5.41) is 2.21. The minimum absolute atomic E-state index is 0.166. The fourth-order valence-corrected chi connectivity index (χ4v) is 9.99. The van der Waals surface area contributed by atoms with E-state index in [1.54, 1.807) is 49.9 Å². The van der Waals surface area contributed by atoms with E-state index in [9.17, 15) is 14.4 Å². The lowest BCUT2D eigenvalue weighted by Gasteiger charge is -2.43. The highest BCUT2D eigenvalue weighted by atomic mass is 28.4. The summed E-state index contributed by atoms with van der Waals surface area (Å²) in [5.41, 5.74) is -0.0272. The van der Waals surface area contributed by atoms with Gasteiger partial charge in [0.15, 0.2) is 0 Å². The van der Waals surface area contributed by atoms with E-state index in [-0.39, 0.29) is 16.5 Å². The van der Waals surface area contributed by atoms with E-state index in [1.807, 2.05) is 12.1 Å². The number of ether oxygens (including phenoxy) is 1. The summed E-state index contributed by atoms with van der Waals surface area (Å²) in [4.78, 5) is 42.2. The zero-order valence-electron chi connectivity index (χ0n) is 24.8. The summed E-state index contributed by atoms with van der Waals surface area (Å²) in [7, 11) is -2.72. The molecule has 1 aliphatic rings. The molecule has 0 atom stereocenters. The molecule has 0 aromatic heterocycles. The summed E-state index contributed by atoms with van der Waals surface area (Å²) in [6, 6.07) is 27.7. The maximum absolute atomic E-state index is 13.5. The Morgan fingerprint density at radius 2 is 1.34 bits per heavy atom. The van der Waals surface area contributed by atoms with Crippen LogP contribution in [0.4, 0.5) is 10.5 Å². The standard InChI is InChI=1S/C33H40N2O5Si/c1-32(2,3)40-31(38)35-24-29(36)34(28-21-14-13-20-27(28)30(35)37)22-15-23-39-41(33(4,5)6,25-16-9-7-10-17-25)26-18-11-8-12-19-26/h7-14,16-21H,15,22-24H2,1-6H3. The SMILES string of the molecule is CC(C)(C)OC(=O)N1CC(=O)N(CCCO[Si](c2ccccc2)(c2ccccc2)C(C)(C)C)c2ccccc2C1=O. The number of rotatable bonds is 7. The van der Waals surface area contributed by atoms with E-state index in [1.165, 1.54) is 10.4 Å². The van der Waals surface area contributed by atoms with Crippen molar-refractivity contribution in [3.05, 3.63) is 90.5 Å². The van der Waals surface area contributed by atoms with Crippen LogP contribution in [0.2, 0.25) is 5.04 Å². The molecule has 1 aliphatic heterocycles. The van der Waals surface area contributed by atoms with E-state index in [0.717, 1.165) is 4.90 Å². The number of nitrogens with zero attached hydrogens (tertiary/aromatic N) is 2. The molecule has 216 valence electrons. The van der Waals surface area contributed by atoms with Gasteiger partial charge < -0.3 is 14.1 Å². The van der Waals surface area contributed by atoms with Crippen LogP contribution in [-0.2, 0) is 14.0 Å². The predicted octanol–water partition coefficient (Wildman–Crippen LogP) is 5.38. The lowest BCUT2D eigenvalue weighted by Crippen LogP contribution is -2.66. The quantitative estimate of drug-likeness (QED) is 0.281. The fraction of sp³-hybridized carbons (Fsp3) is 0.364. The second-order valence-electron chi connectivity index (χ2n) is 12.3. The van der Waals surface area contributed by atoms with Crippen molar-refractivity contribution in [1.29, 1.82) is 0 Å². The van der Waals surface area contributed by atoms with Crippen LogP contribution < -0.4 is 15.3 Å². The summed E-state index contributed by atoms with van der Waals surface area (Å²) in [5.74, 6) is -0.895. The van der Waals surface area contributed by atoms with E-state index >= 15 is 0 Å². The van der Waals surface area contributed by atoms with Crippen LogP contribution in [0.1, 0.15) is 58.3 Å². The molecule has 0 aliphatic carbocycles. The molecular formula is C33H40N2O5Si. The molecule has 0 unspecified atom stereocenters. The highest BCUT2D eigenvalue weighted by molar-refractivity contribution is 6.99. The van der Waals surface area contributed by atoms with Gasteiger partial charge in [-0.05, 0) is 54.7 Å². The number of carbonyl (C=O) groups excluding carboxylic acids is 3. The molecule has 0 bridgehead atoms. The monoisotopic (exact) mass is 572 g/mol. The van der Waals surface area contributed by atoms with Crippen LogP contribution in [0.15, 0.2) is 84.9 Å². The second kappa shape index (κ2) is 12.0. The van der Waals surface area contributed by atoms with Gasteiger partial charge in [-0.1, -0.05) is 93.6 Å². The van der Waals surface area contributed by atoms with E-state index in [4.69, 9.17) is 9.16 Å². The van der Waals surface area contributed by atoms with E-state index in [0.29, 0.717) is 25.3 Å². The minimum Gasteiger partial charge on any atom is -0.443 e. The van der Waals surface area contributed by atoms with E-state index in [2.05, 4.69) is 69.3 Å². The molecule has 3 amide bonds. The minimum atomic E-state index is -2.72. The first-order chi connectivity index (χ1) is 19.3. The molecule has 0 fully saturated rings. The number of carbonyl (C=O) groups is 3. The molecule has 3 aromatic rings. The Kier molecular flexibility index (Phi) is 8.85. The molecule has 0 radical (unpaired) electrons. The number of anilines is 1. The normalized spacial score (nSPS) is 14.5. The first-order valence-corrected chi connectivity index (χ1v) is 16.0. The van der Waals surface area contributed by atoms with Crippen molar-refractivity contribution in [2.24, 2.45) is 0 Å². The lowest BCUT2D eigenvalue weighted by atomic mass is 10.1. The van der Waals surface area contributed by atoms with Crippen molar-refractivity contribution in [2.45, 2.75) is 58.6 Å². The number of benzene rings is 3. The third kappa shape index (κ3) is 6.44. The predicted molar refractivity (Wildman–Crippen MR) is 164 cm³/mol. The molecule has 8 heteroatoms. The molecule has 0 saturated carbocycles. The van der Waals surface area contributed by atoms with Gasteiger partial charge in [-0.15, -0.1) is 0 Å². The van der Waals surface area contributed by atoms with Crippen molar-refractivity contribution in [3.63, 3.8) is 0 Å². The molecule has 0 spiro atoms. The maximum atomic E-state index is 13.5. The molecule has 41 heavy (non-hydrogen) atoms. The zero-order valence-corrected chi connectivity index (χ0v) is 25.8. The van der Waals surface area contributed by atoms with Crippen molar-refractivity contribution in [2.75, 3.05) is 24.6 Å². The highest BCUT2D eigenvalue weighted by Crippen LogP contribution is 2.37. The Hall–Kier alpha value is -3.75. The Morgan fingerprint density at radius 1 is 0.805 bits per heavy atom. The van der Waals surface area contributed by atoms with Gasteiger partial charge in [-0.25, -0.2) is 9.69 Å². The molecular weight excluding hydrogens is 532 g/mol. The summed E-state index contributed by atoms with van der Waals surface area (Å²) in [6.07, 6.45) is -0.284. The number of para-hydroxylation sites is 1. The highest BCUT2D eigenvalue weighted by Gasteiger charge is 2.50. The molecule has 0 saturated heterocycles. The van der Waals surface area contributed by atoms with Crippen molar-refractivity contribution >= 4 is 42.3 Å². The third-order valence-electron chi connectivity index (χ3n) is 7.14. The fourth-order valence-electron chi connectivity index (χ4n) is 5.38. The summed E-state index contributed by atoms with van der Waals surface area (Å²) < 4.78 is 12.4. The van der Waals surface area contributed by atoms with Crippen LogP contribution >= 0.6 is 0 Å². The Labute approximate surface area is 244 Å².